The zero-order valence-corrected chi connectivity index (χ0v) is 11.5. The van der Waals surface area contributed by atoms with Gasteiger partial charge in [0, 0.05) is 29.4 Å². The first-order valence-electron chi connectivity index (χ1n) is 6.64. The van der Waals surface area contributed by atoms with E-state index in [0.29, 0.717) is 5.82 Å². The predicted molar refractivity (Wildman–Crippen MR) is 76.0 cm³/mol. The van der Waals surface area contributed by atoms with Crippen molar-refractivity contribution >= 4 is 5.82 Å². The van der Waals surface area contributed by atoms with Crippen LogP contribution < -0.4 is 5.32 Å². The zero-order valence-electron chi connectivity index (χ0n) is 11.5. The SMILES string of the molecule is CCNc1cc(CC)nc(-c2ccc(C(F)F)cc2)n1. The van der Waals surface area contributed by atoms with E-state index in [9.17, 15) is 8.78 Å². The summed E-state index contributed by atoms with van der Waals surface area (Å²) in [6.07, 6.45) is -1.66. The van der Waals surface area contributed by atoms with Crippen molar-refractivity contribution in [1.82, 2.24) is 9.97 Å². The van der Waals surface area contributed by atoms with Crippen molar-refractivity contribution in [3.63, 3.8) is 0 Å². The lowest BCUT2D eigenvalue weighted by atomic mass is 10.1. The normalized spacial score (nSPS) is 10.8. The smallest absolute Gasteiger partial charge is 0.263 e. The van der Waals surface area contributed by atoms with E-state index < -0.39 is 6.43 Å². The molecule has 0 spiro atoms. The van der Waals surface area contributed by atoms with Crippen molar-refractivity contribution in [3.05, 3.63) is 41.6 Å². The van der Waals surface area contributed by atoms with Crippen LogP contribution in [0.5, 0.6) is 0 Å². The number of rotatable bonds is 5. The Morgan fingerprint density at radius 2 is 1.80 bits per heavy atom. The Labute approximate surface area is 117 Å². The molecule has 0 radical (unpaired) electrons. The van der Waals surface area contributed by atoms with E-state index in [1.807, 2.05) is 19.9 Å². The molecule has 20 heavy (non-hydrogen) atoms. The van der Waals surface area contributed by atoms with Gasteiger partial charge in [-0.05, 0) is 13.3 Å². The van der Waals surface area contributed by atoms with Gasteiger partial charge in [-0.3, -0.25) is 0 Å². The van der Waals surface area contributed by atoms with Crippen molar-refractivity contribution < 1.29 is 8.78 Å². The molecule has 1 N–H and O–H groups in total. The highest BCUT2D eigenvalue weighted by atomic mass is 19.3. The highest BCUT2D eigenvalue weighted by Gasteiger charge is 2.09. The lowest BCUT2D eigenvalue weighted by Crippen LogP contribution is -2.03. The third-order valence-electron chi connectivity index (χ3n) is 2.92. The highest BCUT2D eigenvalue weighted by molar-refractivity contribution is 5.58. The van der Waals surface area contributed by atoms with Gasteiger partial charge in [0.05, 0.1) is 0 Å². The third kappa shape index (κ3) is 3.29. The molecule has 0 atom stereocenters. The van der Waals surface area contributed by atoms with Gasteiger partial charge in [-0.15, -0.1) is 0 Å². The molecule has 0 aliphatic rings. The number of alkyl halides is 2. The van der Waals surface area contributed by atoms with Crippen LogP contribution in [0.1, 0.15) is 31.5 Å². The first kappa shape index (κ1) is 14.4. The summed E-state index contributed by atoms with van der Waals surface area (Å²) in [5.74, 6) is 1.31. The maximum atomic E-state index is 12.5. The fraction of sp³-hybridized carbons (Fsp3) is 0.333. The first-order valence-corrected chi connectivity index (χ1v) is 6.64. The van der Waals surface area contributed by atoms with Crippen LogP contribution in [0.4, 0.5) is 14.6 Å². The lowest BCUT2D eigenvalue weighted by molar-refractivity contribution is 0.151. The second-order valence-corrected chi connectivity index (χ2v) is 4.37. The molecule has 0 saturated carbocycles. The molecule has 0 amide bonds. The number of benzene rings is 1. The van der Waals surface area contributed by atoms with Crippen LogP contribution in [-0.2, 0) is 6.42 Å². The Bertz CT molecular complexity index is 568. The number of anilines is 1. The van der Waals surface area contributed by atoms with E-state index in [0.717, 1.165) is 30.0 Å². The Morgan fingerprint density at radius 1 is 1.10 bits per heavy atom. The minimum atomic E-state index is -2.45. The maximum absolute atomic E-state index is 12.5. The molecule has 0 unspecified atom stereocenters. The quantitative estimate of drug-likeness (QED) is 0.895. The standard InChI is InChI=1S/C15H17F2N3/c1-3-12-9-13(18-4-2)20-15(19-12)11-7-5-10(6-8-11)14(16)17/h5-9,14H,3-4H2,1-2H3,(H,18,19,20). The highest BCUT2D eigenvalue weighted by Crippen LogP contribution is 2.23. The minimum absolute atomic E-state index is 0.00676. The third-order valence-corrected chi connectivity index (χ3v) is 2.92. The molecule has 0 aliphatic carbocycles. The van der Waals surface area contributed by atoms with Crippen LogP contribution in [0.3, 0.4) is 0 Å². The molecule has 0 aliphatic heterocycles. The van der Waals surface area contributed by atoms with Gasteiger partial charge in [0.25, 0.3) is 6.43 Å². The van der Waals surface area contributed by atoms with E-state index in [2.05, 4.69) is 15.3 Å². The molecule has 106 valence electrons. The molecule has 1 heterocycles. The Morgan fingerprint density at radius 3 is 2.35 bits per heavy atom. The molecule has 5 heteroatoms. The van der Waals surface area contributed by atoms with Crippen LogP contribution in [0, 0.1) is 0 Å². The lowest BCUT2D eigenvalue weighted by Gasteiger charge is -2.08. The number of aryl methyl sites for hydroxylation is 1. The van der Waals surface area contributed by atoms with Gasteiger partial charge in [0.2, 0.25) is 0 Å². The van der Waals surface area contributed by atoms with E-state index in [1.165, 1.54) is 12.1 Å². The number of hydrogen-bond donors (Lipinski definition) is 1. The Kier molecular flexibility index (Phi) is 4.61. The van der Waals surface area contributed by atoms with Crippen LogP contribution >= 0.6 is 0 Å². The van der Waals surface area contributed by atoms with Crippen LogP contribution in [-0.4, -0.2) is 16.5 Å². The van der Waals surface area contributed by atoms with Gasteiger partial charge in [-0.25, -0.2) is 18.7 Å². The molecule has 1 aromatic carbocycles. The minimum Gasteiger partial charge on any atom is -0.370 e. The van der Waals surface area contributed by atoms with Gasteiger partial charge in [-0.2, -0.15) is 0 Å². The average molecular weight is 277 g/mol. The van der Waals surface area contributed by atoms with Crippen LogP contribution in [0.15, 0.2) is 30.3 Å². The fourth-order valence-corrected chi connectivity index (χ4v) is 1.86. The summed E-state index contributed by atoms with van der Waals surface area (Å²) in [5.41, 5.74) is 1.67. The van der Waals surface area contributed by atoms with Crippen molar-refractivity contribution in [3.8, 4) is 11.4 Å². The molecular formula is C15H17F2N3. The van der Waals surface area contributed by atoms with Crippen molar-refractivity contribution in [2.45, 2.75) is 26.7 Å². The van der Waals surface area contributed by atoms with Gasteiger partial charge >= 0.3 is 0 Å². The summed E-state index contributed by atoms with van der Waals surface area (Å²) in [6.45, 7) is 4.77. The molecule has 0 saturated heterocycles. The molecule has 1 aromatic heterocycles. The number of aromatic nitrogens is 2. The van der Waals surface area contributed by atoms with E-state index in [4.69, 9.17) is 0 Å². The summed E-state index contributed by atoms with van der Waals surface area (Å²) in [4.78, 5) is 8.85. The molecule has 2 rings (SSSR count). The second-order valence-electron chi connectivity index (χ2n) is 4.37. The summed E-state index contributed by atoms with van der Waals surface area (Å²) in [5, 5.41) is 3.15. The van der Waals surface area contributed by atoms with Gasteiger partial charge in [0.1, 0.15) is 5.82 Å². The monoisotopic (exact) mass is 277 g/mol. The summed E-state index contributed by atoms with van der Waals surface area (Å²) >= 11 is 0. The average Bonchev–Trinajstić information content (AvgIpc) is 2.47. The first-order chi connectivity index (χ1) is 9.63. The van der Waals surface area contributed by atoms with Crippen molar-refractivity contribution in [2.75, 3.05) is 11.9 Å². The number of nitrogens with one attached hydrogen (secondary N) is 1. The predicted octanol–water partition coefficient (Wildman–Crippen LogP) is 4.08. The van der Waals surface area contributed by atoms with Crippen molar-refractivity contribution in [1.29, 1.82) is 0 Å². The Balaban J connectivity index is 2.37. The fourth-order valence-electron chi connectivity index (χ4n) is 1.86. The second kappa shape index (κ2) is 6.41. The van der Waals surface area contributed by atoms with Crippen LogP contribution in [0.2, 0.25) is 0 Å². The number of hydrogen-bond acceptors (Lipinski definition) is 3. The summed E-state index contributed by atoms with van der Waals surface area (Å²) < 4.78 is 25.1. The molecule has 0 bridgehead atoms. The van der Waals surface area contributed by atoms with E-state index in [1.54, 1.807) is 12.1 Å². The molecular weight excluding hydrogens is 260 g/mol. The summed E-state index contributed by atoms with van der Waals surface area (Å²) in [7, 11) is 0. The van der Waals surface area contributed by atoms with Crippen LogP contribution in [0.25, 0.3) is 11.4 Å². The maximum Gasteiger partial charge on any atom is 0.263 e. The largest absolute Gasteiger partial charge is 0.370 e. The molecule has 2 aromatic rings. The van der Waals surface area contributed by atoms with E-state index in [-0.39, 0.29) is 5.56 Å². The zero-order chi connectivity index (χ0) is 14.5. The topological polar surface area (TPSA) is 37.8 Å². The van der Waals surface area contributed by atoms with Gasteiger partial charge < -0.3 is 5.32 Å². The summed E-state index contributed by atoms with van der Waals surface area (Å²) in [6, 6.07) is 7.99. The Hall–Kier alpha value is -2.04. The number of halogens is 2. The number of nitrogens with zero attached hydrogens (tertiary/aromatic N) is 2. The van der Waals surface area contributed by atoms with Gasteiger partial charge in [-0.1, -0.05) is 31.2 Å². The molecule has 0 fully saturated rings. The van der Waals surface area contributed by atoms with E-state index >= 15 is 0 Å². The molecule has 3 nitrogen and oxygen atoms in total. The van der Waals surface area contributed by atoms with Crippen molar-refractivity contribution in [2.24, 2.45) is 0 Å². The van der Waals surface area contributed by atoms with Gasteiger partial charge in [0.15, 0.2) is 5.82 Å².